The average molecular weight is 342 g/mol. The number of fused-ring (bicyclic) bond motifs is 1. The van der Waals surface area contributed by atoms with E-state index in [1.54, 1.807) is 14.0 Å². The Hall–Kier alpha value is -2.54. The molecule has 0 aliphatic rings. The minimum Gasteiger partial charge on any atom is -0.319 e. The van der Waals surface area contributed by atoms with E-state index < -0.39 is 0 Å². The molecule has 7 heteroatoms. The van der Waals surface area contributed by atoms with Crippen LogP contribution in [0.5, 0.6) is 0 Å². The van der Waals surface area contributed by atoms with Gasteiger partial charge in [-0.05, 0) is 44.9 Å². The minimum absolute atomic E-state index is 0.142. The van der Waals surface area contributed by atoms with Gasteiger partial charge in [0.25, 0.3) is 11.5 Å². The number of pyridine rings is 1. The molecular formula is C17H18N4O2S. The highest BCUT2D eigenvalue weighted by Gasteiger charge is 2.20. The first-order valence-corrected chi connectivity index (χ1v) is 8.32. The van der Waals surface area contributed by atoms with Crippen LogP contribution in [0, 0.1) is 27.7 Å². The molecule has 0 radical (unpaired) electrons. The average Bonchev–Trinajstić information content (AvgIpc) is 2.84. The van der Waals surface area contributed by atoms with Gasteiger partial charge in [0.1, 0.15) is 4.83 Å². The van der Waals surface area contributed by atoms with Crippen LogP contribution in [0.15, 0.2) is 17.2 Å². The Kier molecular flexibility index (Phi) is 3.96. The van der Waals surface area contributed by atoms with Gasteiger partial charge in [-0.15, -0.1) is 11.3 Å². The van der Waals surface area contributed by atoms with Crippen LogP contribution in [0.3, 0.4) is 0 Å². The molecule has 1 N–H and O–H groups in total. The van der Waals surface area contributed by atoms with Crippen molar-refractivity contribution in [2.24, 2.45) is 7.05 Å². The highest BCUT2D eigenvalue weighted by molar-refractivity contribution is 7.20. The van der Waals surface area contributed by atoms with Gasteiger partial charge in [0, 0.05) is 12.7 Å². The monoisotopic (exact) mass is 342 g/mol. The molecule has 124 valence electrons. The molecule has 24 heavy (non-hydrogen) atoms. The molecule has 1 amide bonds. The van der Waals surface area contributed by atoms with E-state index in [1.807, 2.05) is 26.8 Å². The van der Waals surface area contributed by atoms with Gasteiger partial charge < -0.3 is 9.88 Å². The standard InChI is InChI=1S/C17H18N4O2S/c1-8-6-9(2)19-11(4)13(8)20-15(22)14-10(3)12-16(24-14)18-7-21(5)17(12)23/h6-7H,1-5H3,(H,20,22). The second kappa shape index (κ2) is 5.83. The maximum atomic E-state index is 12.7. The lowest BCUT2D eigenvalue weighted by atomic mass is 10.1. The quantitative estimate of drug-likeness (QED) is 0.777. The Morgan fingerprint density at radius 1 is 1.25 bits per heavy atom. The SMILES string of the molecule is Cc1cc(C)c(NC(=O)c2sc3ncn(C)c(=O)c3c2C)c(C)n1. The number of carbonyl (C=O) groups is 1. The van der Waals surface area contributed by atoms with Gasteiger partial charge in [-0.1, -0.05) is 0 Å². The molecule has 0 aliphatic carbocycles. The summed E-state index contributed by atoms with van der Waals surface area (Å²) < 4.78 is 1.42. The normalized spacial score (nSPS) is 11.0. The number of amides is 1. The van der Waals surface area contributed by atoms with Crippen LogP contribution in [0.2, 0.25) is 0 Å². The Balaban J connectivity index is 2.06. The minimum atomic E-state index is -0.241. The maximum Gasteiger partial charge on any atom is 0.266 e. The molecular weight excluding hydrogens is 324 g/mol. The summed E-state index contributed by atoms with van der Waals surface area (Å²) in [4.78, 5) is 34.7. The fourth-order valence-electron chi connectivity index (χ4n) is 2.81. The number of anilines is 1. The summed E-state index contributed by atoms with van der Waals surface area (Å²) in [6.45, 7) is 7.50. The van der Waals surface area contributed by atoms with Crippen molar-refractivity contribution in [3.8, 4) is 0 Å². The topological polar surface area (TPSA) is 76.9 Å². The van der Waals surface area contributed by atoms with Crippen molar-refractivity contribution in [2.45, 2.75) is 27.7 Å². The van der Waals surface area contributed by atoms with Crippen molar-refractivity contribution in [1.29, 1.82) is 0 Å². The third-order valence-corrected chi connectivity index (χ3v) is 5.18. The van der Waals surface area contributed by atoms with E-state index in [0.717, 1.165) is 17.0 Å². The Labute approximate surface area is 143 Å². The molecule has 6 nitrogen and oxygen atoms in total. The maximum absolute atomic E-state index is 12.7. The van der Waals surface area contributed by atoms with Gasteiger partial charge in [0.05, 0.1) is 28.0 Å². The highest BCUT2D eigenvalue weighted by Crippen LogP contribution is 2.28. The zero-order valence-corrected chi connectivity index (χ0v) is 15.0. The lowest BCUT2D eigenvalue weighted by Crippen LogP contribution is -2.17. The number of aryl methyl sites for hydroxylation is 5. The highest BCUT2D eigenvalue weighted by atomic mass is 32.1. The van der Waals surface area contributed by atoms with Crippen LogP contribution in [-0.4, -0.2) is 20.4 Å². The van der Waals surface area contributed by atoms with Crippen molar-refractivity contribution < 1.29 is 4.79 Å². The fraction of sp³-hybridized carbons (Fsp3) is 0.294. The molecule has 0 fully saturated rings. The molecule has 0 bridgehead atoms. The molecule has 0 spiro atoms. The van der Waals surface area contributed by atoms with Gasteiger partial charge in [0.2, 0.25) is 0 Å². The van der Waals surface area contributed by atoms with Crippen LogP contribution in [0.4, 0.5) is 5.69 Å². The van der Waals surface area contributed by atoms with E-state index in [1.165, 1.54) is 22.2 Å². The summed E-state index contributed by atoms with van der Waals surface area (Å²) in [6.07, 6.45) is 1.47. The van der Waals surface area contributed by atoms with E-state index in [4.69, 9.17) is 0 Å². The number of aromatic nitrogens is 3. The van der Waals surface area contributed by atoms with Crippen LogP contribution < -0.4 is 10.9 Å². The molecule has 0 atom stereocenters. The van der Waals surface area contributed by atoms with E-state index >= 15 is 0 Å². The van der Waals surface area contributed by atoms with E-state index in [9.17, 15) is 9.59 Å². The first-order valence-electron chi connectivity index (χ1n) is 7.50. The van der Waals surface area contributed by atoms with Crippen molar-refractivity contribution in [3.05, 3.63) is 50.1 Å². The van der Waals surface area contributed by atoms with Crippen LogP contribution in [0.1, 0.15) is 32.2 Å². The predicted molar refractivity (Wildman–Crippen MR) is 96.0 cm³/mol. The Morgan fingerprint density at radius 2 is 1.96 bits per heavy atom. The molecule has 3 rings (SSSR count). The van der Waals surface area contributed by atoms with Crippen LogP contribution in [-0.2, 0) is 7.05 Å². The molecule has 0 aromatic carbocycles. The van der Waals surface area contributed by atoms with Gasteiger partial charge in [-0.25, -0.2) is 4.98 Å². The van der Waals surface area contributed by atoms with Gasteiger partial charge in [-0.2, -0.15) is 0 Å². The number of nitrogens with zero attached hydrogens (tertiary/aromatic N) is 3. The number of nitrogens with one attached hydrogen (secondary N) is 1. The predicted octanol–water partition coefficient (Wildman–Crippen LogP) is 2.88. The second-order valence-electron chi connectivity index (χ2n) is 5.89. The zero-order valence-electron chi connectivity index (χ0n) is 14.2. The molecule has 0 saturated carbocycles. The van der Waals surface area contributed by atoms with Crippen molar-refractivity contribution in [3.63, 3.8) is 0 Å². The van der Waals surface area contributed by atoms with Crippen molar-refractivity contribution in [1.82, 2.24) is 14.5 Å². The molecule has 3 aromatic heterocycles. The number of hydrogen-bond acceptors (Lipinski definition) is 5. The third-order valence-electron chi connectivity index (χ3n) is 3.98. The first kappa shape index (κ1) is 16.3. The zero-order chi connectivity index (χ0) is 17.6. The van der Waals surface area contributed by atoms with Crippen molar-refractivity contribution in [2.75, 3.05) is 5.32 Å². The smallest absolute Gasteiger partial charge is 0.266 e. The van der Waals surface area contributed by atoms with E-state index in [0.29, 0.717) is 26.3 Å². The van der Waals surface area contributed by atoms with Gasteiger partial charge in [0.15, 0.2) is 0 Å². The van der Waals surface area contributed by atoms with E-state index in [-0.39, 0.29) is 11.5 Å². The summed E-state index contributed by atoms with van der Waals surface area (Å²) in [7, 11) is 1.65. The fourth-order valence-corrected chi connectivity index (χ4v) is 3.84. The number of carbonyl (C=O) groups excluding carboxylic acids is 1. The van der Waals surface area contributed by atoms with E-state index in [2.05, 4.69) is 15.3 Å². The van der Waals surface area contributed by atoms with Crippen LogP contribution in [0.25, 0.3) is 10.2 Å². The Bertz CT molecular complexity index is 1010. The summed E-state index contributed by atoms with van der Waals surface area (Å²) in [5.41, 5.74) is 3.88. The molecule has 3 aromatic rings. The Morgan fingerprint density at radius 3 is 2.62 bits per heavy atom. The largest absolute Gasteiger partial charge is 0.319 e. The molecule has 0 unspecified atom stereocenters. The summed E-state index contributed by atoms with van der Waals surface area (Å²) in [5.74, 6) is -0.241. The third kappa shape index (κ3) is 2.60. The second-order valence-corrected chi connectivity index (χ2v) is 6.89. The number of hydrogen-bond donors (Lipinski definition) is 1. The first-order chi connectivity index (χ1) is 11.3. The molecule has 3 heterocycles. The summed E-state index contributed by atoms with van der Waals surface area (Å²) in [5, 5.41) is 3.44. The van der Waals surface area contributed by atoms with Gasteiger partial charge >= 0.3 is 0 Å². The lowest BCUT2D eigenvalue weighted by molar-refractivity contribution is 0.103. The number of thiophene rings is 1. The number of rotatable bonds is 2. The lowest BCUT2D eigenvalue weighted by Gasteiger charge is -2.11. The molecule has 0 aliphatic heterocycles. The summed E-state index contributed by atoms with van der Waals surface area (Å²) >= 11 is 1.23. The van der Waals surface area contributed by atoms with Gasteiger partial charge in [-0.3, -0.25) is 14.6 Å². The summed E-state index contributed by atoms with van der Waals surface area (Å²) in [6, 6.07) is 1.93. The molecule has 0 saturated heterocycles. The van der Waals surface area contributed by atoms with Crippen molar-refractivity contribution >= 4 is 33.1 Å². The van der Waals surface area contributed by atoms with Crippen LogP contribution >= 0.6 is 11.3 Å².